The molecule has 1 aliphatic rings. The molecule has 2 nitrogen and oxygen atoms in total. The van der Waals surface area contributed by atoms with E-state index in [1.54, 1.807) is 0 Å². The fourth-order valence-corrected chi connectivity index (χ4v) is 3.43. The quantitative estimate of drug-likeness (QED) is 0.832. The van der Waals surface area contributed by atoms with Gasteiger partial charge in [0.1, 0.15) is 0 Å². The zero-order chi connectivity index (χ0) is 13.7. The molecule has 1 aromatic rings. The number of rotatable bonds is 5. The summed E-state index contributed by atoms with van der Waals surface area (Å²) in [6.07, 6.45) is 1.20. The minimum Gasteiger partial charge on any atom is -0.309 e. The van der Waals surface area contributed by atoms with Crippen molar-refractivity contribution in [1.82, 2.24) is 10.2 Å². The predicted octanol–water partition coefficient (Wildman–Crippen LogP) is 3.24. The highest BCUT2D eigenvalue weighted by atomic mass is 32.2. The molecule has 0 aliphatic carbocycles. The maximum absolute atomic E-state index is 3.68. The summed E-state index contributed by atoms with van der Waals surface area (Å²) in [7, 11) is 0. The van der Waals surface area contributed by atoms with E-state index in [2.05, 4.69) is 61.3 Å². The molecule has 106 valence electrons. The van der Waals surface area contributed by atoms with Gasteiger partial charge in [-0.1, -0.05) is 25.1 Å². The molecule has 0 spiro atoms. The molecule has 0 saturated carbocycles. The average Bonchev–Trinajstić information content (AvgIpc) is 2.44. The Morgan fingerprint density at radius 3 is 2.79 bits per heavy atom. The summed E-state index contributed by atoms with van der Waals surface area (Å²) in [5.41, 5.74) is 0.296. The van der Waals surface area contributed by atoms with E-state index in [1.165, 1.54) is 30.2 Å². The third-order valence-electron chi connectivity index (χ3n) is 4.17. The summed E-state index contributed by atoms with van der Waals surface area (Å²) in [6.45, 7) is 10.4. The fourth-order valence-electron chi connectivity index (χ4n) is 2.52. The maximum atomic E-state index is 3.68. The van der Waals surface area contributed by atoms with Gasteiger partial charge in [0, 0.05) is 41.9 Å². The Bertz CT molecular complexity index is 382. The second-order valence-electron chi connectivity index (χ2n) is 5.78. The van der Waals surface area contributed by atoms with Crippen LogP contribution >= 0.6 is 11.8 Å². The van der Waals surface area contributed by atoms with Crippen LogP contribution in [0.15, 0.2) is 35.2 Å². The molecule has 2 atom stereocenters. The Labute approximate surface area is 122 Å². The van der Waals surface area contributed by atoms with Crippen molar-refractivity contribution in [2.45, 2.75) is 43.7 Å². The first-order valence-electron chi connectivity index (χ1n) is 7.30. The van der Waals surface area contributed by atoms with E-state index >= 15 is 0 Å². The van der Waals surface area contributed by atoms with Crippen molar-refractivity contribution in [2.75, 3.05) is 25.4 Å². The average molecular weight is 278 g/mol. The lowest BCUT2D eigenvalue weighted by atomic mass is 9.94. The highest BCUT2D eigenvalue weighted by Crippen LogP contribution is 2.21. The monoisotopic (exact) mass is 278 g/mol. The van der Waals surface area contributed by atoms with Crippen molar-refractivity contribution in [3.8, 4) is 0 Å². The zero-order valence-corrected chi connectivity index (χ0v) is 13.2. The van der Waals surface area contributed by atoms with E-state index in [0.29, 0.717) is 11.6 Å². The number of hydrogen-bond donors (Lipinski definition) is 1. The molecule has 1 heterocycles. The second kappa shape index (κ2) is 6.78. The van der Waals surface area contributed by atoms with E-state index in [9.17, 15) is 0 Å². The molecule has 3 heteroatoms. The topological polar surface area (TPSA) is 15.3 Å². The molecule has 0 aromatic heterocycles. The standard InChI is InChI=1S/C16H26N2S/c1-4-16(3)13-18(14(2)12-17-16)10-11-19-15-8-6-5-7-9-15/h5-9,14,17H,4,10-13H2,1-3H3. The van der Waals surface area contributed by atoms with Crippen LogP contribution in [0, 0.1) is 0 Å². The van der Waals surface area contributed by atoms with Gasteiger partial charge in [-0.3, -0.25) is 4.90 Å². The van der Waals surface area contributed by atoms with Crippen LogP contribution in [0.1, 0.15) is 27.2 Å². The maximum Gasteiger partial charge on any atom is 0.0278 e. The fraction of sp³-hybridized carbons (Fsp3) is 0.625. The summed E-state index contributed by atoms with van der Waals surface area (Å²) in [6, 6.07) is 11.4. The smallest absolute Gasteiger partial charge is 0.0278 e. The summed E-state index contributed by atoms with van der Waals surface area (Å²) in [5, 5.41) is 3.68. The predicted molar refractivity (Wildman–Crippen MR) is 84.9 cm³/mol. The summed E-state index contributed by atoms with van der Waals surface area (Å²) in [4.78, 5) is 4.01. The van der Waals surface area contributed by atoms with Gasteiger partial charge >= 0.3 is 0 Å². The lowest BCUT2D eigenvalue weighted by Crippen LogP contribution is -2.62. The minimum absolute atomic E-state index is 0.296. The first-order valence-corrected chi connectivity index (χ1v) is 8.28. The van der Waals surface area contributed by atoms with Gasteiger partial charge in [-0.05, 0) is 32.4 Å². The molecular formula is C16H26N2S. The van der Waals surface area contributed by atoms with Gasteiger partial charge < -0.3 is 5.32 Å². The van der Waals surface area contributed by atoms with Crippen LogP contribution in [0.4, 0.5) is 0 Å². The lowest BCUT2D eigenvalue weighted by Gasteiger charge is -2.45. The first kappa shape index (κ1) is 14.9. The molecule has 2 unspecified atom stereocenters. The van der Waals surface area contributed by atoms with Crippen LogP contribution in [-0.2, 0) is 0 Å². The number of hydrogen-bond acceptors (Lipinski definition) is 3. The molecule has 0 bridgehead atoms. The van der Waals surface area contributed by atoms with Crippen molar-refractivity contribution in [2.24, 2.45) is 0 Å². The van der Waals surface area contributed by atoms with Crippen molar-refractivity contribution in [3.63, 3.8) is 0 Å². The first-order chi connectivity index (χ1) is 9.13. The number of nitrogens with zero attached hydrogens (tertiary/aromatic N) is 1. The van der Waals surface area contributed by atoms with Gasteiger partial charge in [0.2, 0.25) is 0 Å². The molecule has 1 saturated heterocycles. The van der Waals surface area contributed by atoms with Gasteiger partial charge in [-0.15, -0.1) is 11.8 Å². The Morgan fingerprint density at radius 1 is 1.37 bits per heavy atom. The van der Waals surface area contributed by atoms with Crippen molar-refractivity contribution in [3.05, 3.63) is 30.3 Å². The molecule has 0 amide bonds. The molecule has 0 radical (unpaired) electrons. The number of nitrogens with one attached hydrogen (secondary N) is 1. The molecule has 1 fully saturated rings. The van der Waals surface area contributed by atoms with Crippen molar-refractivity contribution in [1.29, 1.82) is 0 Å². The van der Waals surface area contributed by atoms with Crippen LogP contribution in [-0.4, -0.2) is 41.9 Å². The van der Waals surface area contributed by atoms with Crippen LogP contribution in [0.2, 0.25) is 0 Å². The van der Waals surface area contributed by atoms with E-state index in [1.807, 2.05) is 11.8 Å². The van der Waals surface area contributed by atoms with E-state index in [0.717, 1.165) is 6.54 Å². The molecule has 1 aromatic carbocycles. The van der Waals surface area contributed by atoms with Crippen molar-refractivity contribution < 1.29 is 0 Å². The highest BCUT2D eigenvalue weighted by Gasteiger charge is 2.31. The Hall–Kier alpha value is -0.510. The van der Waals surface area contributed by atoms with Crippen LogP contribution < -0.4 is 5.32 Å². The summed E-state index contributed by atoms with van der Waals surface area (Å²) >= 11 is 1.96. The highest BCUT2D eigenvalue weighted by molar-refractivity contribution is 7.99. The summed E-state index contributed by atoms with van der Waals surface area (Å²) in [5.74, 6) is 1.17. The minimum atomic E-state index is 0.296. The summed E-state index contributed by atoms with van der Waals surface area (Å²) < 4.78 is 0. The molecule has 2 rings (SSSR count). The number of piperazine rings is 1. The third kappa shape index (κ3) is 4.23. The Balaban J connectivity index is 1.81. The van der Waals surface area contributed by atoms with Crippen LogP contribution in [0.3, 0.4) is 0 Å². The molecule has 1 N–H and O–H groups in total. The zero-order valence-electron chi connectivity index (χ0n) is 12.4. The SMILES string of the molecule is CCC1(C)CN(CCSc2ccccc2)C(C)CN1. The Morgan fingerprint density at radius 2 is 2.11 bits per heavy atom. The van der Waals surface area contributed by atoms with E-state index < -0.39 is 0 Å². The van der Waals surface area contributed by atoms with Crippen LogP contribution in [0.25, 0.3) is 0 Å². The van der Waals surface area contributed by atoms with Gasteiger partial charge in [0.05, 0.1) is 0 Å². The molecule has 19 heavy (non-hydrogen) atoms. The lowest BCUT2D eigenvalue weighted by molar-refractivity contribution is 0.0997. The molecule has 1 aliphatic heterocycles. The molecular weight excluding hydrogens is 252 g/mol. The van der Waals surface area contributed by atoms with Gasteiger partial charge in [-0.2, -0.15) is 0 Å². The van der Waals surface area contributed by atoms with E-state index in [-0.39, 0.29) is 0 Å². The normalized spacial score (nSPS) is 28.5. The second-order valence-corrected chi connectivity index (χ2v) is 6.94. The number of thioether (sulfide) groups is 1. The van der Waals surface area contributed by atoms with Gasteiger partial charge in [0.15, 0.2) is 0 Å². The largest absolute Gasteiger partial charge is 0.309 e. The third-order valence-corrected chi connectivity index (χ3v) is 5.16. The Kier molecular flexibility index (Phi) is 5.31. The van der Waals surface area contributed by atoms with E-state index in [4.69, 9.17) is 0 Å². The number of benzene rings is 1. The van der Waals surface area contributed by atoms with Crippen LogP contribution in [0.5, 0.6) is 0 Å². The van der Waals surface area contributed by atoms with Crippen molar-refractivity contribution >= 4 is 11.8 Å². The van der Waals surface area contributed by atoms with Gasteiger partial charge in [-0.25, -0.2) is 0 Å². The van der Waals surface area contributed by atoms with Gasteiger partial charge in [0.25, 0.3) is 0 Å².